The number of nitrogens with zero attached hydrogens (tertiary/aromatic N) is 2. The molecule has 15 heavy (non-hydrogen) atoms. The molecule has 0 rings (SSSR count). The number of alkyl halides is 1. The molecule has 1 atom stereocenters. The number of methoxy groups -OCH3 is 1. The molecule has 5 heteroatoms. The van der Waals surface area contributed by atoms with E-state index in [1.165, 1.54) is 0 Å². The summed E-state index contributed by atoms with van der Waals surface area (Å²) in [4.78, 5) is 13.4. The Hall–Kier alpha value is -0.790. The lowest BCUT2D eigenvalue weighted by atomic mass is 10.2. The fourth-order valence-electron chi connectivity index (χ4n) is 1.10. The molecule has 0 aliphatic rings. The highest BCUT2D eigenvalue weighted by molar-refractivity contribution is 6.19. The Morgan fingerprint density at radius 3 is 2.73 bits per heavy atom. The van der Waals surface area contributed by atoms with Crippen LogP contribution in [0, 0.1) is 17.2 Å². The van der Waals surface area contributed by atoms with E-state index in [1.54, 1.807) is 18.9 Å². The summed E-state index contributed by atoms with van der Waals surface area (Å²) in [6.45, 7) is 3.21. The molecule has 0 spiro atoms. The Labute approximate surface area is 95.8 Å². The fraction of sp³-hybridized carbons (Fsp3) is 0.800. The second-order valence-electron chi connectivity index (χ2n) is 3.28. The fourth-order valence-corrected chi connectivity index (χ4v) is 1.23. The molecular weight excluding hydrogens is 216 g/mol. The molecule has 1 amide bonds. The zero-order chi connectivity index (χ0) is 11.7. The maximum atomic E-state index is 11.8. The van der Waals surface area contributed by atoms with Crippen molar-refractivity contribution >= 4 is 17.5 Å². The summed E-state index contributed by atoms with van der Waals surface area (Å²) in [6, 6.07) is 2.02. The highest BCUT2D eigenvalue weighted by atomic mass is 35.5. The second kappa shape index (κ2) is 8.51. The zero-order valence-corrected chi connectivity index (χ0v) is 9.96. The van der Waals surface area contributed by atoms with Crippen molar-refractivity contribution < 1.29 is 9.53 Å². The smallest absolute Gasteiger partial charge is 0.226 e. The highest BCUT2D eigenvalue weighted by Gasteiger charge is 2.18. The molecule has 0 aromatic heterocycles. The van der Waals surface area contributed by atoms with Gasteiger partial charge in [-0.2, -0.15) is 5.26 Å². The van der Waals surface area contributed by atoms with Gasteiger partial charge in [0, 0.05) is 32.0 Å². The molecule has 0 saturated carbocycles. The quantitative estimate of drug-likeness (QED) is 0.621. The number of ether oxygens (including phenoxy) is 1. The van der Waals surface area contributed by atoms with Gasteiger partial charge >= 0.3 is 0 Å². The molecular formula is C10H17ClN2O2. The van der Waals surface area contributed by atoms with Gasteiger partial charge in [-0.25, -0.2) is 0 Å². The van der Waals surface area contributed by atoms with Gasteiger partial charge in [-0.05, 0) is 0 Å². The van der Waals surface area contributed by atoms with E-state index in [9.17, 15) is 4.79 Å². The van der Waals surface area contributed by atoms with E-state index in [0.717, 1.165) is 0 Å². The zero-order valence-electron chi connectivity index (χ0n) is 9.20. The third-order valence-electron chi connectivity index (χ3n) is 2.02. The first kappa shape index (κ1) is 14.2. The van der Waals surface area contributed by atoms with Crippen LogP contribution in [0.3, 0.4) is 0 Å². The van der Waals surface area contributed by atoms with Gasteiger partial charge < -0.3 is 9.64 Å². The van der Waals surface area contributed by atoms with Crippen LogP contribution in [0.4, 0.5) is 0 Å². The minimum absolute atomic E-state index is 0.0164. The van der Waals surface area contributed by atoms with Crippen molar-refractivity contribution in [3.05, 3.63) is 0 Å². The van der Waals surface area contributed by atoms with Crippen LogP contribution in [0.1, 0.15) is 13.3 Å². The van der Waals surface area contributed by atoms with Crippen LogP contribution in [-0.4, -0.2) is 43.5 Å². The Morgan fingerprint density at radius 1 is 1.60 bits per heavy atom. The number of carbonyl (C=O) groups is 1. The first-order valence-corrected chi connectivity index (χ1v) is 5.41. The van der Waals surface area contributed by atoms with Gasteiger partial charge in [0.2, 0.25) is 5.91 Å². The molecule has 0 bridgehead atoms. The molecule has 0 N–H and O–H groups in total. The van der Waals surface area contributed by atoms with Crippen LogP contribution in [-0.2, 0) is 9.53 Å². The maximum Gasteiger partial charge on any atom is 0.226 e. The van der Waals surface area contributed by atoms with Gasteiger partial charge in [-0.1, -0.05) is 6.92 Å². The molecule has 0 aromatic carbocycles. The monoisotopic (exact) mass is 232 g/mol. The molecule has 0 aliphatic carbocycles. The summed E-state index contributed by atoms with van der Waals surface area (Å²) in [5.41, 5.74) is 0. The molecule has 0 aromatic rings. The molecule has 0 radical (unpaired) electrons. The van der Waals surface area contributed by atoms with E-state index in [-0.39, 0.29) is 11.8 Å². The number of hydrogen-bond acceptors (Lipinski definition) is 3. The van der Waals surface area contributed by atoms with E-state index in [0.29, 0.717) is 32.0 Å². The minimum Gasteiger partial charge on any atom is -0.383 e. The van der Waals surface area contributed by atoms with Crippen molar-refractivity contribution in [2.45, 2.75) is 13.3 Å². The van der Waals surface area contributed by atoms with Crippen LogP contribution < -0.4 is 0 Å². The molecule has 4 nitrogen and oxygen atoms in total. The van der Waals surface area contributed by atoms with Crippen molar-refractivity contribution in [1.82, 2.24) is 4.90 Å². The Bertz CT molecular complexity index is 228. The lowest BCUT2D eigenvalue weighted by Gasteiger charge is -2.23. The lowest BCUT2D eigenvalue weighted by Crippen LogP contribution is -2.38. The normalized spacial score (nSPS) is 11.9. The predicted molar refractivity (Wildman–Crippen MR) is 58.6 cm³/mol. The summed E-state index contributed by atoms with van der Waals surface area (Å²) in [5.74, 6) is 0.0778. The van der Waals surface area contributed by atoms with Crippen molar-refractivity contribution in [2.75, 3.05) is 32.7 Å². The summed E-state index contributed by atoms with van der Waals surface area (Å²) in [6.07, 6.45) is 0.338. The van der Waals surface area contributed by atoms with Gasteiger partial charge in [0.15, 0.2) is 0 Å². The van der Waals surface area contributed by atoms with Crippen LogP contribution in [0.2, 0.25) is 0 Å². The topological polar surface area (TPSA) is 53.3 Å². The Kier molecular flexibility index (Phi) is 8.06. The standard InChI is InChI=1S/C10H17ClN2O2/c1-9(8-11)10(14)13(5-3-4-12)6-7-15-2/h9H,3,5-8H2,1-2H3. The third-order valence-corrected chi connectivity index (χ3v) is 2.49. The first-order valence-electron chi connectivity index (χ1n) is 4.88. The number of halogens is 1. The molecule has 0 saturated heterocycles. The van der Waals surface area contributed by atoms with E-state index in [1.807, 2.05) is 6.07 Å². The summed E-state index contributed by atoms with van der Waals surface area (Å²) < 4.78 is 4.91. The molecule has 1 unspecified atom stereocenters. The Balaban J connectivity index is 4.20. The highest BCUT2D eigenvalue weighted by Crippen LogP contribution is 2.05. The number of amides is 1. The summed E-state index contributed by atoms with van der Waals surface area (Å²) >= 11 is 5.62. The van der Waals surface area contributed by atoms with Gasteiger partial charge in [-0.15, -0.1) is 11.6 Å². The predicted octanol–water partition coefficient (Wildman–Crippen LogP) is 1.25. The maximum absolute atomic E-state index is 11.8. The SMILES string of the molecule is COCCN(CCC#N)C(=O)C(C)CCl. The largest absolute Gasteiger partial charge is 0.383 e. The van der Waals surface area contributed by atoms with Crippen molar-refractivity contribution in [2.24, 2.45) is 5.92 Å². The minimum atomic E-state index is -0.206. The first-order chi connectivity index (χ1) is 7.17. The molecule has 86 valence electrons. The van der Waals surface area contributed by atoms with Crippen molar-refractivity contribution in [3.8, 4) is 6.07 Å². The van der Waals surface area contributed by atoms with E-state index in [4.69, 9.17) is 21.6 Å². The van der Waals surface area contributed by atoms with Crippen LogP contribution in [0.5, 0.6) is 0 Å². The average molecular weight is 233 g/mol. The summed E-state index contributed by atoms with van der Waals surface area (Å²) in [7, 11) is 1.58. The van der Waals surface area contributed by atoms with Gasteiger partial charge in [0.25, 0.3) is 0 Å². The molecule has 0 fully saturated rings. The number of carbonyl (C=O) groups excluding carboxylic acids is 1. The van der Waals surface area contributed by atoms with Crippen molar-refractivity contribution in [1.29, 1.82) is 5.26 Å². The van der Waals surface area contributed by atoms with E-state index < -0.39 is 0 Å². The Morgan fingerprint density at radius 2 is 2.27 bits per heavy atom. The van der Waals surface area contributed by atoms with Crippen LogP contribution in [0.25, 0.3) is 0 Å². The number of rotatable bonds is 7. The number of hydrogen-bond donors (Lipinski definition) is 0. The average Bonchev–Trinajstić information content (AvgIpc) is 2.27. The van der Waals surface area contributed by atoms with Gasteiger partial charge in [0.1, 0.15) is 0 Å². The van der Waals surface area contributed by atoms with E-state index >= 15 is 0 Å². The second-order valence-corrected chi connectivity index (χ2v) is 3.59. The van der Waals surface area contributed by atoms with Gasteiger partial charge in [-0.3, -0.25) is 4.79 Å². The lowest BCUT2D eigenvalue weighted by molar-refractivity contribution is -0.134. The third kappa shape index (κ3) is 5.60. The number of nitriles is 1. The van der Waals surface area contributed by atoms with Gasteiger partial charge in [0.05, 0.1) is 19.1 Å². The van der Waals surface area contributed by atoms with Crippen molar-refractivity contribution in [3.63, 3.8) is 0 Å². The van der Waals surface area contributed by atoms with E-state index in [2.05, 4.69) is 0 Å². The summed E-state index contributed by atoms with van der Waals surface area (Å²) in [5, 5.41) is 8.47. The van der Waals surface area contributed by atoms with Crippen LogP contribution in [0.15, 0.2) is 0 Å². The molecule has 0 aliphatic heterocycles. The molecule has 0 heterocycles. The van der Waals surface area contributed by atoms with Crippen LogP contribution >= 0.6 is 11.6 Å².